The second-order valence-corrected chi connectivity index (χ2v) is 6.33. The van der Waals surface area contributed by atoms with Gasteiger partial charge in [-0.2, -0.15) is 0 Å². The number of morpholine rings is 1. The predicted octanol–water partition coefficient (Wildman–Crippen LogP) is 3.79. The molecule has 0 radical (unpaired) electrons. The molecular formula is C20H27NO5. The molecule has 2 aromatic rings. The molecule has 1 fully saturated rings. The quantitative estimate of drug-likeness (QED) is 0.783. The van der Waals surface area contributed by atoms with Crippen molar-refractivity contribution in [3.63, 3.8) is 0 Å². The summed E-state index contributed by atoms with van der Waals surface area (Å²) in [6, 6.07) is 3.88. The lowest BCUT2D eigenvalue weighted by Gasteiger charge is -2.34. The normalized spacial score (nSPS) is 17.5. The Morgan fingerprint density at radius 2 is 2.00 bits per heavy atom. The van der Waals surface area contributed by atoms with Crippen LogP contribution in [0, 0.1) is 6.92 Å². The van der Waals surface area contributed by atoms with Crippen LogP contribution in [-0.4, -0.2) is 49.8 Å². The Hall–Kier alpha value is -2.21. The molecule has 1 saturated heterocycles. The van der Waals surface area contributed by atoms with Gasteiger partial charge in [-0.05, 0) is 39.3 Å². The molecule has 0 saturated carbocycles. The summed E-state index contributed by atoms with van der Waals surface area (Å²) in [4.78, 5) is 15.0. The van der Waals surface area contributed by atoms with E-state index in [1.807, 2.05) is 37.8 Å². The van der Waals surface area contributed by atoms with Crippen LogP contribution in [-0.2, 0) is 4.74 Å². The number of fused-ring (bicyclic) bond motifs is 1. The summed E-state index contributed by atoms with van der Waals surface area (Å²) >= 11 is 0. The van der Waals surface area contributed by atoms with Gasteiger partial charge in [-0.3, -0.25) is 4.79 Å². The zero-order valence-corrected chi connectivity index (χ0v) is 16.0. The van der Waals surface area contributed by atoms with Gasteiger partial charge < -0.3 is 23.5 Å². The van der Waals surface area contributed by atoms with Gasteiger partial charge in [0.1, 0.15) is 0 Å². The van der Waals surface area contributed by atoms with Gasteiger partial charge in [-0.15, -0.1) is 0 Å². The summed E-state index contributed by atoms with van der Waals surface area (Å²) in [5.74, 6) is 1.47. The van der Waals surface area contributed by atoms with E-state index in [1.165, 1.54) is 0 Å². The highest BCUT2D eigenvalue weighted by Gasteiger charge is 2.31. The first-order valence-electron chi connectivity index (χ1n) is 9.32. The fourth-order valence-electron chi connectivity index (χ4n) is 3.39. The van der Waals surface area contributed by atoms with Gasteiger partial charge >= 0.3 is 0 Å². The molecule has 1 aromatic heterocycles. The highest BCUT2D eigenvalue weighted by atomic mass is 16.5. The van der Waals surface area contributed by atoms with Crippen molar-refractivity contribution in [1.29, 1.82) is 0 Å². The van der Waals surface area contributed by atoms with Crippen LogP contribution >= 0.6 is 0 Å². The molecule has 1 unspecified atom stereocenters. The third-order valence-corrected chi connectivity index (χ3v) is 4.77. The number of carbonyl (C=O) groups is 1. The van der Waals surface area contributed by atoms with Crippen LogP contribution in [0.5, 0.6) is 11.5 Å². The van der Waals surface area contributed by atoms with Gasteiger partial charge in [0.05, 0.1) is 32.5 Å². The Balaban J connectivity index is 2.05. The molecule has 0 aliphatic carbocycles. The zero-order chi connectivity index (χ0) is 18.7. The number of rotatable bonds is 6. The lowest BCUT2D eigenvalue weighted by Crippen LogP contribution is -2.48. The Kier molecular flexibility index (Phi) is 5.71. The summed E-state index contributed by atoms with van der Waals surface area (Å²) in [5.41, 5.74) is 1.40. The minimum absolute atomic E-state index is 0.0780. The third-order valence-electron chi connectivity index (χ3n) is 4.77. The number of carbonyl (C=O) groups excluding carboxylic acids is 1. The van der Waals surface area contributed by atoms with Crippen LogP contribution < -0.4 is 9.47 Å². The first kappa shape index (κ1) is 18.6. The minimum Gasteiger partial charge on any atom is -0.490 e. The average molecular weight is 361 g/mol. The van der Waals surface area contributed by atoms with Crippen LogP contribution in [0.15, 0.2) is 16.5 Å². The number of aryl methyl sites for hydroxylation is 1. The van der Waals surface area contributed by atoms with Crippen molar-refractivity contribution in [3.05, 3.63) is 23.5 Å². The number of hydrogen-bond acceptors (Lipinski definition) is 5. The predicted molar refractivity (Wildman–Crippen MR) is 99.2 cm³/mol. The van der Waals surface area contributed by atoms with E-state index in [0.717, 1.165) is 17.4 Å². The molecular weight excluding hydrogens is 334 g/mol. The largest absolute Gasteiger partial charge is 0.490 e. The minimum atomic E-state index is -0.0886. The molecule has 0 bridgehead atoms. The number of hydrogen-bond donors (Lipinski definition) is 0. The van der Waals surface area contributed by atoms with Crippen molar-refractivity contribution < 1.29 is 23.4 Å². The Bertz CT molecular complexity index is 782. The van der Waals surface area contributed by atoms with Crippen molar-refractivity contribution in [1.82, 2.24) is 4.90 Å². The molecule has 3 rings (SSSR count). The van der Waals surface area contributed by atoms with E-state index in [4.69, 9.17) is 18.6 Å². The van der Waals surface area contributed by atoms with Crippen molar-refractivity contribution in [3.8, 4) is 11.5 Å². The van der Waals surface area contributed by atoms with Gasteiger partial charge in [-0.1, -0.05) is 6.92 Å². The van der Waals surface area contributed by atoms with Crippen LogP contribution in [0.3, 0.4) is 0 Å². The molecule has 1 amide bonds. The topological polar surface area (TPSA) is 61.1 Å². The maximum Gasteiger partial charge on any atom is 0.290 e. The molecule has 6 nitrogen and oxygen atoms in total. The molecule has 2 heterocycles. The Morgan fingerprint density at radius 1 is 1.23 bits per heavy atom. The van der Waals surface area contributed by atoms with Crippen molar-refractivity contribution in [2.24, 2.45) is 0 Å². The fraction of sp³-hybridized carbons (Fsp3) is 0.550. The molecule has 0 spiro atoms. The van der Waals surface area contributed by atoms with E-state index in [1.54, 1.807) is 0 Å². The first-order chi connectivity index (χ1) is 12.6. The number of nitrogens with zero attached hydrogens (tertiary/aromatic N) is 1. The monoisotopic (exact) mass is 361 g/mol. The molecule has 26 heavy (non-hydrogen) atoms. The van der Waals surface area contributed by atoms with E-state index in [0.29, 0.717) is 55.8 Å². The van der Waals surface area contributed by atoms with Crippen molar-refractivity contribution >= 4 is 16.9 Å². The smallest absolute Gasteiger partial charge is 0.290 e. The second-order valence-electron chi connectivity index (χ2n) is 6.33. The molecule has 1 atom stereocenters. The van der Waals surface area contributed by atoms with Gasteiger partial charge in [-0.25, -0.2) is 0 Å². The number of furan rings is 1. The second kappa shape index (κ2) is 7.99. The molecule has 1 aromatic carbocycles. The van der Waals surface area contributed by atoms with Gasteiger partial charge in [0, 0.05) is 17.5 Å². The maximum atomic E-state index is 13.1. The van der Waals surface area contributed by atoms with E-state index < -0.39 is 0 Å². The van der Waals surface area contributed by atoms with Crippen LogP contribution in [0.1, 0.15) is 43.3 Å². The van der Waals surface area contributed by atoms with Crippen LogP contribution in [0.2, 0.25) is 0 Å². The Labute approximate surface area is 154 Å². The first-order valence-corrected chi connectivity index (χ1v) is 9.32. The molecule has 1 aliphatic heterocycles. The lowest BCUT2D eigenvalue weighted by molar-refractivity contribution is -0.00429. The zero-order valence-electron chi connectivity index (χ0n) is 16.0. The number of ether oxygens (including phenoxy) is 3. The van der Waals surface area contributed by atoms with Crippen LogP contribution in [0.4, 0.5) is 0 Å². The van der Waals surface area contributed by atoms with E-state index in [2.05, 4.69) is 6.92 Å². The fourth-order valence-corrected chi connectivity index (χ4v) is 3.39. The summed E-state index contributed by atoms with van der Waals surface area (Å²) in [6.07, 6.45) is 0.851. The number of amides is 1. The summed E-state index contributed by atoms with van der Waals surface area (Å²) in [7, 11) is 0. The molecule has 1 aliphatic rings. The molecule has 0 N–H and O–H groups in total. The average Bonchev–Trinajstić information content (AvgIpc) is 3.00. The third kappa shape index (κ3) is 3.26. The molecule has 6 heteroatoms. The number of benzene rings is 1. The van der Waals surface area contributed by atoms with Crippen LogP contribution in [0.25, 0.3) is 11.0 Å². The van der Waals surface area contributed by atoms with Gasteiger partial charge in [0.15, 0.2) is 17.1 Å². The highest BCUT2D eigenvalue weighted by Crippen LogP contribution is 2.40. The summed E-state index contributed by atoms with van der Waals surface area (Å²) in [6.45, 7) is 10.5. The maximum absolute atomic E-state index is 13.1. The lowest BCUT2D eigenvalue weighted by atomic mass is 10.1. The van der Waals surface area contributed by atoms with Gasteiger partial charge in [0.25, 0.3) is 5.91 Å². The Morgan fingerprint density at radius 3 is 2.69 bits per heavy atom. The van der Waals surface area contributed by atoms with E-state index >= 15 is 0 Å². The van der Waals surface area contributed by atoms with E-state index in [-0.39, 0.29) is 11.9 Å². The summed E-state index contributed by atoms with van der Waals surface area (Å²) < 4.78 is 23.0. The summed E-state index contributed by atoms with van der Waals surface area (Å²) in [5, 5.41) is 0.876. The standard InChI is InChI=1S/C20H27NO5/c1-5-14-12-23-11-10-21(14)20(22)17-13(4)15-8-9-16(24-6-2)19(25-7-3)18(15)26-17/h8-9,14H,5-7,10-12H2,1-4H3. The van der Waals surface area contributed by atoms with E-state index in [9.17, 15) is 4.79 Å². The highest BCUT2D eigenvalue weighted by molar-refractivity contribution is 6.01. The SMILES string of the molecule is CCOc1ccc2c(C)c(C(=O)N3CCOCC3CC)oc2c1OCC. The van der Waals surface area contributed by atoms with Gasteiger partial charge in [0.2, 0.25) is 5.75 Å². The van der Waals surface area contributed by atoms with Crippen molar-refractivity contribution in [2.45, 2.75) is 40.2 Å². The van der Waals surface area contributed by atoms with Crippen molar-refractivity contribution in [2.75, 3.05) is 33.0 Å². The molecule has 142 valence electrons.